The third kappa shape index (κ3) is 4.56. The molecule has 3 atom stereocenters. The van der Waals surface area contributed by atoms with Crippen LogP contribution >= 0.6 is 0 Å². The first-order valence-electron chi connectivity index (χ1n) is 10.1. The number of hydrogen-bond acceptors (Lipinski definition) is 6. The van der Waals surface area contributed by atoms with Crippen LogP contribution in [0, 0.1) is 23.0 Å². The molecule has 7 nitrogen and oxygen atoms in total. The smallest absolute Gasteiger partial charge is 0.269 e. The maximum absolute atomic E-state index is 12.8. The van der Waals surface area contributed by atoms with Crippen molar-refractivity contribution in [3.05, 3.63) is 81.0 Å². The summed E-state index contributed by atoms with van der Waals surface area (Å²) in [6.07, 6.45) is 0.0749. The predicted molar refractivity (Wildman–Crippen MR) is 118 cm³/mol. The summed E-state index contributed by atoms with van der Waals surface area (Å²) < 4.78 is 0. The van der Waals surface area contributed by atoms with Gasteiger partial charge in [0.25, 0.3) is 5.69 Å². The molecule has 0 aromatic heterocycles. The number of nitro benzene ring substituents is 1. The van der Waals surface area contributed by atoms with E-state index in [9.17, 15) is 24.8 Å². The van der Waals surface area contributed by atoms with Gasteiger partial charge in [0, 0.05) is 41.4 Å². The second-order valence-electron chi connectivity index (χ2n) is 8.39. The van der Waals surface area contributed by atoms with Crippen LogP contribution in [0.2, 0.25) is 0 Å². The Hall–Kier alpha value is -3.32. The summed E-state index contributed by atoms with van der Waals surface area (Å²) in [6.45, 7) is 6.32. The Morgan fingerprint density at radius 2 is 1.81 bits per heavy atom. The van der Waals surface area contributed by atoms with Crippen LogP contribution in [0.15, 0.2) is 59.8 Å². The van der Waals surface area contributed by atoms with E-state index in [1.54, 1.807) is 13.0 Å². The summed E-state index contributed by atoms with van der Waals surface area (Å²) in [7, 11) is 0. The highest BCUT2D eigenvalue weighted by Crippen LogP contribution is 2.48. The fourth-order valence-electron chi connectivity index (χ4n) is 4.49. The first-order chi connectivity index (χ1) is 14.5. The minimum absolute atomic E-state index is 0.0749. The van der Waals surface area contributed by atoms with Gasteiger partial charge in [-0.3, -0.25) is 19.7 Å². The Labute approximate surface area is 180 Å². The van der Waals surface area contributed by atoms with Crippen LogP contribution in [0.3, 0.4) is 0 Å². The number of anilines is 1. The molecular weight excluding hydrogens is 396 g/mol. The number of carbonyl (C=O) groups is 2. The normalized spacial score (nSPS) is 23.4. The van der Waals surface area contributed by atoms with Crippen molar-refractivity contribution in [2.45, 2.75) is 45.6 Å². The molecule has 0 spiro atoms. The molecule has 0 unspecified atom stereocenters. The van der Waals surface area contributed by atoms with Crippen molar-refractivity contribution in [2.24, 2.45) is 5.92 Å². The predicted octanol–water partition coefficient (Wildman–Crippen LogP) is 4.30. The summed E-state index contributed by atoms with van der Waals surface area (Å²) in [4.78, 5) is 36.3. The fourth-order valence-corrected chi connectivity index (χ4v) is 4.49. The minimum atomic E-state index is -1.45. The van der Waals surface area contributed by atoms with E-state index in [4.69, 9.17) is 0 Å². The van der Waals surface area contributed by atoms with Gasteiger partial charge in [-0.25, -0.2) is 0 Å². The molecule has 0 heterocycles. The molecule has 7 heteroatoms. The number of aryl methyl sites for hydroxylation is 1. The van der Waals surface area contributed by atoms with Crippen LogP contribution in [0.4, 0.5) is 11.4 Å². The number of nitro groups is 1. The zero-order valence-electron chi connectivity index (χ0n) is 18.0. The molecule has 2 N–H and O–H groups in total. The molecule has 31 heavy (non-hydrogen) atoms. The number of aliphatic hydroxyl groups is 1. The van der Waals surface area contributed by atoms with Crippen LogP contribution < -0.4 is 5.32 Å². The van der Waals surface area contributed by atoms with Gasteiger partial charge < -0.3 is 10.4 Å². The van der Waals surface area contributed by atoms with Crippen LogP contribution in [0.5, 0.6) is 0 Å². The van der Waals surface area contributed by atoms with E-state index in [0.717, 1.165) is 11.3 Å². The number of ketones is 2. The van der Waals surface area contributed by atoms with Crippen molar-refractivity contribution in [1.29, 1.82) is 0 Å². The molecule has 2 aromatic rings. The van der Waals surface area contributed by atoms with E-state index in [-0.39, 0.29) is 23.7 Å². The van der Waals surface area contributed by atoms with Crippen molar-refractivity contribution >= 4 is 22.9 Å². The van der Waals surface area contributed by atoms with E-state index in [2.05, 4.69) is 5.32 Å². The molecule has 0 fully saturated rings. The van der Waals surface area contributed by atoms with Gasteiger partial charge in [-0.1, -0.05) is 29.8 Å². The summed E-state index contributed by atoms with van der Waals surface area (Å²) in [5.74, 6) is -2.27. The van der Waals surface area contributed by atoms with Gasteiger partial charge >= 0.3 is 0 Å². The summed E-state index contributed by atoms with van der Waals surface area (Å²) in [6, 6.07) is 13.5. The molecule has 0 aliphatic heterocycles. The molecule has 2 aromatic carbocycles. The van der Waals surface area contributed by atoms with Gasteiger partial charge in [-0.15, -0.1) is 0 Å². The Bertz CT molecular complexity index is 1070. The third-order valence-corrected chi connectivity index (χ3v) is 5.78. The van der Waals surface area contributed by atoms with E-state index in [0.29, 0.717) is 16.8 Å². The summed E-state index contributed by atoms with van der Waals surface area (Å²) in [5.41, 5.74) is 1.54. The molecule has 0 saturated heterocycles. The number of allylic oxidation sites excluding steroid dienone is 1. The van der Waals surface area contributed by atoms with E-state index >= 15 is 0 Å². The number of rotatable bonds is 6. The number of non-ortho nitro benzene ring substituents is 1. The average molecular weight is 422 g/mol. The number of hydrogen-bond donors (Lipinski definition) is 2. The highest BCUT2D eigenvalue weighted by atomic mass is 16.6. The molecule has 0 radical (unpaired) electrons. The van der Waals surface area contributed by atoms with Gasteiger partial charge in [0.15, 0.2) is 5.78 Å². The Morgan fingerprint density at radius 3 is 2.35 bits per heavy atom. The maximum Gasteiger partial charge on any atom is 0.269 e. The quantitative estimate of drug-likeness (QED) is 0.530. The number of Topliss-reactive ketones (excluding diaryl/α,β-unsaturated/α-hetero) is 2. The van der Waals surface area contributed by atoms with Crippen molar-refractivity contribution < 1.29 is 19.6 Å². The minimum Gasteiger partial charge on any atom is -0.389 e. The lowest BCUT2D eigenvalue weighted by atomic mass is 9.64. The largest absolute Gasteiger partial charge is 0.389 e. The maximum atomic E-state index is 12.8. The Morgan fingerprint density at radius 1 is 1.16 bits per heavy atom. The van der Waals surface area contributed by atoms with Gasteiger partial charge in [0.2, 0.25) is 0 Å². The zero-order chi connectivity index (χ0) is 22.9. The van der Waals surface area contributed by atoms with Gasteiger partial charge in [-0.05, 0) is 45.4 Å². The monoisotopic (exact) mass is 422 g/mol. The van der Waals surface area contributed by atoms with E-state index in [1.807, 2.05) is 31.2 Å². The molecule has 0 saturated carbocycles. The van der Waals surface area contributed by atoms with Crippen molar-refractivity contribution in [3.63, 3.8) is 0 Å². The second-order valence-corrected chi connectivity index (χ2v) is 8.39. The summed E-state index contributed by atoms with van der Waals surface area (Å²) >= 11 is 0. The third-order valence-electron chi connectivity index (χ3n) is 5.78. The highest BCUT2D eigenvalue weighted by Gasteiger charge is 2.49. The van der Waals surface area contributed by atoms with Crippen LogP contribution in [-0.2, 0) is 9.59 Å². The average Bonchev–Trinajstić information content (AvgIpc) is 2.68. The Balaban J connectivity index is 2.23. The van der Waals surface area contributed by atoms with Crippen LogP contribution in [0.1, 0.15) is 44.2 Å². The first-order valence-corrected chi connectivity index (χ1v) is 10.1. The lowest BCUT2D eigenvalue weighted by Crippen LogP contribution is -2.48. The molecule has 0 bridgehead atoms. The number of nitrogens with one attached hydrogen (secondary N) is 1. The lowest BCUT2D eigenvalue weighted by Gasteiger charge is -2.43. The van der Waals surface area contributed by atoms with Crippen molar-refractivity contribution in [1.82, 2.24) is 0 Å². The van der Waals surface area contributed by atoms with E-state index in [1.165, 1.54) is 32.0 Å². The number of benzene rings is 2. The topological polar surface area (TPSA) is 110 Å². The summed E-state index contributed by atoms with van der Waals surface area (Å²) in [5, 5.41) is 25.8. The van der Waals surface area contributed by atoms with Crippen molar-refractivity contribution in [3.8, 4) is 0 Å². The first kappa shape index (κ1) is 22.4. The van der Waals surface area contributed by atoms with Gasteiger partial charge in [-0.2, -0.15) is 0 Å². The van der Waals surface area contributed by atoms with Gasteiger partial charge in [0.1, 0.15) is 5.78 Å². The second kappa shape index (κ2) is 8.43. The van der Waals surface area contributed by atoms with Crippen LogP contribution in [0.25, 0.3) is 0 Å². The zero-order valence-corrected chi connectivity index (χ0v) is 18.0. The molecule has 1 aliphatic carbocycles. The molecular formula is C24H26N2O5. The molecule has 3 rings (SSSR count). The van der Waals surface area contributed by atoms with Crippen molar-refractivity contribution in [2.75, 3.05) is 5.32 Å². The lowest BCUT2D eigenvalue weighted by molar-refractivity contribution is -0.384. The highest BCUT2D eigenvalue weighted by molar-refractivity contribution is 5.98. The Kier molecular flexibility index (Phi) is 6.08. The number of carbonyl (C=O) groups excluding carboxylic acids is 2. The fraction of sp³-hybridized carbons (Fsp3) is 0.333. The molecule has 0 amide bonds. The van der Waals surface area contributed by atoms with Gasteiger partial charge in [0.05, 0.1) is 16.4 Å². The number of nitrogens with zero attached hydrogens (tertiary/aromatic N) is 1. The van der Waals surface area contributed by atoms with Crippen LogP contribution in [-0.4, -0.2) is 27.2 Å². The standard InChI is InChI=1S/C24H26N2O5/c1-14-8-10-18(11-9-14)25-20-13-24(4,29)23(16(3)28)22(21(20)15(2)27)17-6-5-7-19(12-17)26(30)31/h5-12,22-23,25,29H,13H2,1-4H3/t22-,23-,24-/m0/s1. The van der Waals surface area contributed by atoms with E-state index < -0.39 is 22.4 Å². The SMILES string of the molecule is CC(=O)C1=C(Nc2ccc(C)cc2)C[C@](C)(O)[C@@H](C(C)=O)[C@H]1c1cccc([N+](=O)[O-])c1. The molecule has 1 aliphatic rings. The molecule has 162 valence electrons.